The van der Waals surface area contributed by atoms with E-state index in [1.54, 1.807) is 6.08 Å². The number of hydrogen-bond acceptors (Lipinski definition) is 2. The number of hydrogen-bond donors (Lipinski definition) is 0. The molecule has 19 heavy (non-hydrogen) atoms. The Balaban J connectivity index is 3.10. The highest BCUT2D eigenvalue weighted by atomic mass is 79.9. The van der Waals surface area contributed by atoms with Gasteiger partial charge >= 0.3 is 6.18 Å². The Labute approximate surface area is 133 Å². The molecule has 0 aromatic heterocycles. The first kappa shape index (κ1) is 16.8. The fourth-order valence-corrected chi connectivity index (χ4v) is 2.14. The Morgan fingerprint density at radius 3 is 2.42 bits per heavy atom. The quantitative estimate of drug-likeness (QED) is 0.582. The van der Waals surface area contributed by atoms with Crippen LogP contribution in [0.5, 0.6) is 11.5 Å². The molecular formula is C11H8Br3F3O2. The summed E-state index contributed by atoms with van der Waals surface area (Å²) < 4.78 is 49.4. The molecule has 0 atom stereocenters. The fourth-order valence-electron chi connectivity index (χ4n) is 1.27. The number of benzene rings is 1. The third-order valence-corrected chi connectivity index (χ3v) is 3.25. The van der Waals surface area contributed by atoms with Crippen molar-refractivity contribution in [3.8, 4) is 11.5 Å². The summed E-state index contributed by atoms with van der Waals surface area (Å²) in [5, 5.41) is 0. The zero-order chi connectivity index (χ0) is 14.6. The highest BCUT2D eigenvalue weighted by Gasteiger charge is 2.36. The van der Waals surface area contributed by atoms with E-state index in [2.05, 4.69) is 47.8 Å². The predicted octanol–water partition coefficient (Wildman–Crippen LogP) is 5.49. The van der Waals surface area contributed by atoms with E-state index in [0.29, 0.717) is 3.39 Å². The second kappa shape index (κ2) is 6.99. The van der Waals surface area contributed by atoms with Crippen molar-refractivity contribution in [3.05, 3.63) is 31.6 Å². The molecule has 0 amide bonds. The van der Waals surface area contributed by atoms with Crippen molar-refractivity contribution in [3.63, 3.8) is 0 Å². The summed E-state index contributed by atoms with van der Waals surface area (Å²) in [5.41, 5.74) is -0.888. The lowest BCUT2D eigenvalue weighted by atomic mass is 10.2. The molecule has 0 heterocycles. The molecular weight excluding hydrogens is 461 g/mol. The molecule has 0 unspecified atom stereocenters. The van der Waals surface area contributed by atoms with Crippen molar-refractivity contribution in [2.75, 3.05) is 13.7 Å². The third kappa shape index (κ3) is 5.00. The molecule has 0 fully saturated rings. The Bertz CT molecular complexity index is 483. The number of ether oxygens (including phenoxy) is 2. The normalized spacial score (nSPS) is 11.1. The van der Waals surface area contributed by atoms with Crippen LogP contribution < -0.4 is 9.47 Å². The largest absolute Gasteiger partial charge is 0.495 e. The first-order chi connectivity index (χ1) is 8.75. The van der Waals surface area contributed by atoms with Gasteiger partial charge in [-0.05, 0) is 66.0 Å². The first-order valence-corrected chi connectivity index (χ1v) is 7.22. The number of alkyl halides is 3. The van der Waals surface area contributed by atoms with Crippen LogP contribution in [0.25, 0.3) is 0 Å². The minimum absolute atomic E-state index is 0.0949. The second-order valence-electron chi connectivity index (χ2n) is 3.29. The van der Waals surface area contributed by atoms with Gasteiger partial charge in [0.25, 0.3) is 0 Å². The van der Waals surface area contributed by atoms with Crippen molar-refractivity contribution < 1.29 is 22.6 Å². The summed E-state index contributed by atoms with van der Waals surface area (Å²) >= 11 is 9.27. The summed E-state index contributed by atoms with van der Waals surface area (Å²) in [6.07, 6.45) is -2.90. The molecule has 0 aliphatic rings. The van der Waals surface area contributed by atoms with Gasteiger partial charge in [0.2, 0.25) is 0 Å². The fraction of sp³-hybridized carbons (Fsp3) is 0.273. The maximum atomic E-state index is 12.9. The highest BCUT2D eigenvalue weighted by molar-refractivity contribution is 9.28. The molecule has 0 radical (unpaired) electrons. The molecule has 0 saturated carbocycles. The van der Waals surface area contributed by atoms with E-state index in [9.17, 15) is 13.2 Å². The summed E-state index contributed by atoms with van der Waals surface area (Å²) in [7, 11) is 1.18. The van der Waals surface area contributed by atoms with Gasteiger partial charge in [-0.3, -0.25) is 0 Å². The van der Waals surface area contributed by atoms with E-state index in [1.807, 2.05) is 0 Å². The average molecular weight is 469 g/mol. The number of methoxy groups -OCH3 is 1. The van der Waals surface area contributed by atoms with Gasteiger partial charge in [0.15, 0.2) is 0 Å². The van der Waals surface area contributed by atoms with E-state index in [0.717, 1.165) is 6.07 Å². The molecule has 0 spiro atoms. The lowest BCUT2D eigenvalue weighted by Crippen LogP contribution is -2.08. The van der Waals surface area contributed by atoms with Crippen molar-refractivity contribution in [2.45, 2.75) is 6.18 Å². The van der Waals surface area contributed by atoms with Crippen LogP contribution in [-0.4, -0.2) is 13.7 Å². The van der Waals surface area contributed by atoms with Crippen LogP contribution in [0.4, 0.5) is 13.2 Å². The molecule has 8 heteroatoms. The van der Waals surface area contributed by atoms with Crippen molar-refractivity contribution >= 4 is 47.8 Å². The number of halogens is 6. The van der Waals surface area contributed by atoms with Crippen molar-refractivity contribution in [1.82, 2.24) is 0 Å². The minimum atomic E-state index is -4.51. The van der Waals surface area contributed by atoms with Gasteiger partial charge < -0.3 is 9.47 Å². The smallest absolute Gasteiger partial charge is 0.420 e. The average Bonchev–Trinajstić information content (AvgIpc) is 2.26. The molecule has 0 aliphatic heterocycles. The minimum Gasteiger partial charge on any atom is -0.495 e. The van der Waals surface area contributed by atoms with Gasteiger partial charge in [0, 0.05) is 0 Å². The van der Waals surface area contributed by atoms with Crippen molar-refractivity contribution in [1.29, 1.82) is 0 Å². The van der Waals surface area contributed by atoms with Crippen LogP contribution >= 0.6 is 47.8 Å². The van der Waals surface area contributed by atoms with Crippen LogP contribution in [-0.2, 0) is 6.18 Å². The van der Waals surface area contributed by atoms with Gasteiger partial charge in [-0.25, -0.2) is 0 Å². The Morgan fingerprint density at radius 2 is 1.95 bits per heavy atom. The summed E-state index contributed by atoms with van der Waals surface area (Å²) in [6.45, 7) is 0.127. The van der Waals surface area contributed by atoms with Gasteiger partial charge in [-0.2, -0.15) is 13.2 Å². The maximum Gasteiger partial charge on any atom is 0.420 e. The highest BCUT2D eigenvalue weighted by Crippen LogP contribution is 2.42. The molecule has 1 aromatic rings. The molecule has 1 aromatic carbocycles. The monoisotopic (exact) mass is 466 g/mol. The molecule has 0 N–H and O–H groups in total. The molecule has 0 saturated heterocycles. The number of rotatable bonds is 4. The lowest BCUT2D eigenvalue weighted by Gasteiger charge is -2.15. The third-order valence-electron chi connectivity index (χ3n) is 2.01. The topological polar surface area (TPSA) is 18.5 Å². The summed E-state index contributed by atoms with van der Waals surface area (Å²) in [6, 6.07) is 2.32. The van der Waals surface area contributed by atoms with Gasteiger partial charge in [0.05, 0.1) is 15.0 Å². The zero-order valence-electron chi connectivity index (χ0n) is 9.52. The first-order valence-electron chi connectivity index (χ1n) is 4.84. The van der Waals surface area contributed by atoms with Gasteiger partial charge in [-0.1, -0.05) is 0 Å². The molecule has 0 bridgehead atoms. The summed E-state index contributed by atoms with van der Waals surface area (Å²) in [4.78, 5) is 0. The van der Waals surface area contributed by atoms with E-state index in [-0.39, 0.29) is 22.6 Å². The Kier molecular flexibility index (Phi) is 6.19. The molecule has 106 valence electrons. The van der Waals surface area contributed by atoms with E-state index in [1.165, 1.54) is 13.2 Å². The van der Waals surface area contributed by atoms with Crippen LogP contribution in [0, 0.1) is 0 Å². The Morgan fingerprint density at radius 1 is 1.32 bits per heavy atom. The summed E-state index contributed by atoms with van der Waals surface area (Å²) in [5.74, 6) is -0.172. The van der Waals surface area contributed by atoms with Crippen LogP contribution in [0.2, 0.25) is 0 Å². The standard InChI is InChI=1S/C11H8Br3F3O2/c1-18-10-7(11(15,16)17)4-6(5-8(10)12)19-3-2-9(13)14/h2,4-5H,3H2,1H3. The Hall–Kier alpha value is -0.210. The predicted molar refractivity (Wildman–Crippen MR) is 77.1 cm³/mol. The second-order valence-corrected chi connectivity index (χ2v) is 6.92. The van der Waals surface area contributed by atoms with Gasteiger partial charge in [0.1, 0.15) is 23.7 Å². The maximum absolute atomic E-state index is 12.9. The molecule has 2 nitrogen and oxygen atoms in total. The lowest BCUT2D eigenvalue weighted by molar-refractivity contribution is -0.138. The van der Waals surface area contributed by atoms with Crippen molar-refractivity contribution in [2.24, 2.45) is 0 Å². The van der Waals surface area contributed by atoms with E-state index in [4.69, 9.17) is 9.47 Å². The molecule has 0 aliphatic carbocycles. The zero-order valence-corrected chi connectivity index (χ0v) is 14.3. The van der Waals surface area contributed by atoms with E-state index < -0.39 is 11.7 Å². The van der Waals surface area contributed by atoms with E-state index >= 15 is 0 Å². The van der Waals surface area contributed by atoms with Crippen LogP contribution in [0.1, 0.15) is 5.56 Å². The van der Waals surface area contributed by atoms with Crippen LogP contribution in [0.3, 0.4) is 0 Å². The SMILES string of the molecule is COc1c(Br)cc(OCC=C(Br)Br)cc1C(F)(F)F. The van der Waals surface area contributed by atoms with Crippen LogP contribution in [0.15, 0.2) is 26.1 Å². The van der Waals surface area contributed by atoms with Gasteiger partial charge in [-0.15, -0.1) is 0 Å². The molecule has 1 rings (SSSR count).